The van der Waals surface area contributed by atoms with Gasteiger partial charge >= 0.3 is 0 Å². The van der Waals surface area contributed by atoms with Crippen LogP contribution in [0.1, 0.15) is 22.1 Å². The molecule has 2 saturated heterocycles. The highest BCUT2D eigenvalue weighted by Crippen LogP contribution is 2.44. The zero-order chi connectivity index (χ0) is 19.3. The number of aromatic amines is 1. The number of H-pyrrole nitrogens is 1. The Balaban J connectivity index is 1.35. The number of rotatable bonds is 3. The van der Waals surface area contributed by atoms with E-state index >= 15 is 0 Å². The van der Waals surface area contributed by atoms with Crippen LogP contribution in [0.3, 0.4) is 0 Å². The first-order chi connectivity index (χ1) is 13.6. The summed E-state index contributed by atoms with van der Waals surface area (Å²) in [5, 5.41) is 17.8. The number of nitrogens with one attached hydrogen (secondary N) is 1. The number of amides is 1. The smallest absolute Gasteiger partial charge is 0.271 e. The lowest BCUT2D eigenvalue weighted by Gasteiger charge is -2.26. The SMILES string of the molecule is CN1C[C@H]2CN(C(=O)c3cc(-n4cnnn4)n[nH]3)C[C@H]2[C@@H]1c1cccc(F)c1. The fourth-order valence-corrected chi connectivity index (χ4v) is 4.59. The highest BCUT2D eigenvalue weighted by Gasteiger charge is 2.47. The van der Waals surface area contributed by atoms with E-state index in [0.717, 1.165) is 12.1 Å². The van der Waals surface area contributed by atoms with Gasteiger partial charge in [-0.25, -0.2) is 4.39 Å². The predicted octanol–water partition coefficient (Wildman–Crippen LogP) is 0.899. The van der Waals surface area contributed by atoms with E-state index in [0.29, 0.717) is 30.5 Å². The molecule has 0 bridgehead atoms. The summed E-state index contributed by atoms with van der Waals surface area (Å²) in [7, 11) is 2.06. The summed E-state index contributed by atoms with van der Waals surface area (Å²) in [5.41, 5.74) is 1.37. The van der Waals surface area contributed by atoms with E-state index in [4.69, 9.17) is 0 Å². The molecule has 0 spiro atoms. The second-order valence-electron chi connectivity index (χ2n) is 7.47. The molecule has 5 rings (SSSR count). The van der Waals surface area contributed by atoms with Gasteiger partial charge in [-0.15, -0.1) is 5.10 Å². The van der Waals surface area contributed by atoms with Crippen LogP contribution in [0.25, 0.3) is 5.82 Å². The van der Waals surface area contributed by atoms with Gasteiger partial charge in [0.1, 0.15) is 17.8 Å². The number of hydrogen-bond donors (Lipinski definition) is 1. The number of likely N-dealkylation sites (tertiary alicyclic amines) is 2. The molecule has 2 aliphatic heterocycles. The van der Waals surface area contributed by atoms with Crippen molar-refractivity contribution in [2.24, 2.45) is 11.8 Å². The van der Waals surface area contributed by atoms with Gasteiger partial charge in [-0.1, -0.05) is 12.1 Å². The largest absolute Gasteiger partial charge is 0.337 e. The Morgan fingerprint density at radius 2 is 2.14 bits per heavy atom. The molecule has 144 valence electrons. The van der Waals surface area contributed by atoms with E-state index in [2.05, 4.69) is 37.7 Å². The molecule has 0 radical (unpaired) electrons. The number of aromatic nitrogens is 6. The molecule has 0 aliphatic carbocycles. The number of halogens is 1. The molecule has 0 saturated carbocycles. The van der Waals surface area contributed by atoms with Gasteiger partial charge in [-0.3, -0.25) is 14.8 Å². The number of carbonyl (C=O) groups is 1. The van der Waals surface area contributed by atoms with Crippen LogP contribution in [-0.2, 0) is 0 Å². The van der Waals surface area contributed by atoms with Crippen LogP contribution in [0.15, 0.2) is 36.7 Å². The van der Waals surface area contributed by atoms with Crippen molar-refractivity contribution in [2.45, 2.75) is 6.04 Å². The molecule has 1 N–H and O–H groups in total. The fraction of sp³-hybridized carbons (Fsp3) is 0.389. The summed E-state index contributed by atoms with van der Waals surface area (Å²) in [4.78, 5) is 17.1. The fourth-order valence-electron chi connectivity index (χ4n) is 4.59. The first-order valence-electron chi connectivity index (χ1n) is 9.14. The van der Waals surface area contributed by atoms with Crippen LogP contribution >= 0.6 is 0 Å². The van der Waals surface area contributed by atoms with Gasteiger partial charge in [-0.2, -0.15) is 9.78 Å². The molecule has 3 atom stereocenters. The lowest BCUT2D eigenvalue weighted by Crippen LogP contribution is -2.33. The molecule has 28 heavy (non-hydrogen) atoms. The van der Waals surface area contributed by atoms with E-state index in [9.17, 15) is 9.18 Å². The quantitative estimate of drug-likeness (QED) is 0.723. The first kappa shape index (κ1) is 17.0. The highest BCUT2D eigenvalue weighted by atomic mass is 19.1. The zero-order valence-corrected chi connectivity index (χ0v) is 15.2. The summed E-state index contributed by atoms with van der Waals surface area (Å²) in [5.74, 6) is 0.779. The van der Waals surface area contributed by atoms with E-state index in [1.54, 1.807) is 18.2 Å². The Labute approximate surface area is 160 Å². The van der Waals surface area contributed by atoms with Crippen LogP contribution in [-0.4, -0.2) is 72.8 Å². The third kappa shape index (κ3) is 2.76. The molecule has 2 aromatic heterocycles. The minimum absolute atomic E-state index is 0.0955. The van der Waals surface area contributed by atoms with E-state index in [1.165, 1.54) is 17.1 Å². The van der Waals surface area contributed by atoms with Gasteiger partial charge in [0.2, 0.25) is 0 Å². The van der Waals surface area contributed by atoms with Crippen molar-refractivity contribution in [3.05, 3.63) is 53.7 Å². The Morgan fingerprint density at radius 3 is 2.93 bits per heavy atom. The standard InChI is InChI=1S/C18H19FN8O/c1-25-7-12-8-26(9-14(12)17(25)11-3-2-4-13(19)5-11)18(28)15-6-16(22-21-15)27-10-20-23-24-27/h2-6,10,12,14,17H,7-9H2,1H3,(H,21,22)/t12-,14+,17-/m0/s1. The molecule has 4 heterocycles. The maximum Gasteiger partial charge on any atom is 0.271 e. The molecule has 3 aromatic rings. The van der Waals surface area contributed by atoms with Crippen molar-refractivity contribution >= 4 is 5.91 Å². The third-order valence-electron chi connectivity index (χ3n) is 5.75. The van der Waals surface area contributed by atoms with Gasteiger partial charge in [0, 0.05) is 37.7 Å². The average Bonchev–Trinajstić information content (AvgIpc) is 3.44. The maximum atomic E-state index is 13.7. The normalized spacial score (nSPS) is 24.6. The first-order valence-corrected chi connectivity index (χ1v) is 9.14. The molecular formula is C18H19FN8O. The van der Waals surface area contributed by atoms with Crippen molar-refractivity contribution < 1.29 is 9.18 Å². The van der Waals surface area contributed by atoms with E-state index < -0.39 is 0 Å². The third-order valence-corrected chi connectivity index (χ3v) is 5.75. The number of hydrogen-bond acceptors (Lipinski definition) is 6. The number of fused-ring (bicyclic) bond motifs is 1. The average molecular weight is 382 g/mol. The summed E-state index contributed by atoms with van der Waals surface area (Å²) in [6.45, 7) is 2.20. The van der Waals surface area contributed by atoms with Crippen LogP contribution < -0.4 is 0 Å². The summed E-state index contributed by atoms with van der Waals surface area (Å²) in [6, 6.07) is 8.52. The van der Waals surface area contributed by atoms with Gasteiger partial charge in [0.25, 0.3) is 5.91 Å². The predicted molar refractivity (Wildman–Crippen MR) is 96.0 cm³/mol. The van der Waals surface area contributed by atoms with E-state index in [1.807, 2.05) is 11.0 Å². The van der Waals surface area contributed by atoms with Crippen LogP contribution in [0.2, 0.25) is 0 Å². The Kier molecular flexibility index (Phi) is 3.93. The zero-order valence-electron chi connectivity index (χ0n) is 15.2. The Hall–Kier alpha value is -3.14. The van der Waals surface area contributed by atoms with Crippen molar-refractivity contribution in [1.82, 2.24) is 40.2 Å². The second kappa shape index (κ2) is 6.48. The molecule has 1 aromatic carbocycles. The molecule has 10 heteroatoms. The maximum absolute atomic E-state index is 13.7. The lowest BCUT2D eigenvalue weighted by atomic mass is 9.89. The molecule has 2 fully saturated rings. The number of tetrazole rings is 1. The summed E-state index contributed by atoms with van der Waals surface area (Å²) < 4.78 is 15.1. The van der Waals surface area contributed by atoms with E-state index in [-0.39, 0.29) is 23.7 Å². The monoisotopic (exact) mass is 382 g/mol. The van der Waals surface area contributed by atoms with Crippen molar-refractivity contribution in [3.8, 4) is 5.82 Å². The van der Waals surface area contributed by atoms with Crippen molar-refractivity contribution in [2.75, 3.05) is 26.7 Å². The van der Waals surface area contributed by atoms with Gasteiger partial charge < -0.3 is 4.90 Å². The molecule has 9 nitrogen and oxygen atoms in total. The molecule has 0 unspecified atom stereocenters. The molecule has 2 aliphatic rings. The summed E-state index contributed by atoms with van der Waals surface area (Å²) >= 11 is 0. The minimum atomic E-state index is -0.229. The van der Waals surface area contributed by atoms with Crippen molar-refractivity contribution in [3.63, 3.8) is 0 Å². The topological polar surface area (TPSA) is 95.8 Å². The second-order valence-corrected chi connectivity index (χ2v) is 7.47. The minimum Gasteiger partial charge on any atom is -0.337 e. The van der Waals surface area contributed by atoms with Crippen LogP contribution in [0, 0.1) is 17.7 Å². The number of benzene rings is 1. The lowest BCUT2D eigenvalue weighted by molar-refractivity contribution is 0.0762. The van der Waals surface area contributed by atoms with Crippen LogP contribution in [0.4, 0.5) is 4.39 Å². The highest BCUT2D eigenvalue weighted by molar-refractivity contribution is 5.93. The van der Waals surface area contributed by atoms with Crippen molar-refractivity contribution in [1.29, 1.82) is 0 Å². The Morgan fingerprint density at radius 1 is 1.25 bits per heavy atom. The summed E-state index contributed by atoms with van der Waals surface area (Å²) in [6.07, 6.45) is 1.42. The van der Waals surface area contributed by atoms with Gasteiger partial charge in [-0.05, 0) is 41.1 Å². The number of carbonyl (C=O) groups excluding carboxylic acids is 1. The van der Waals surface area contributed by atoms with Crippen LogP contribution in [0.5, 0.6) is 0 Å². The molecule has 1 amide bonds. The van der Waals surface area contributed by atoms with Gasteiger partial charge in [0.15, 0.2) is 5.82 Å². The number of nitrogens with zero attached hydrogens (tertiary/aromatic N) is 7. The Bertz CT molecular complexity index is 1000. The van der Waals surface area contributed by atoms with Gasteiger partial charge in [0.05, 0.1) is 0 Å². The molecular weight excluding hydrogens is 363 g/mol.